The van der Waals surface area contributed by atoms with Crippen LogP contribution in [-0.4, -0.2) is 13.2 Å². The molecule has 0 aliphatic carbocycles. The molecule has 0 radical (unpaired) electrons. The van der Waals surface area contributed by atoms with Crippen LogP contribution in [0.2, 0.25) is 0 Å². The van der Waals surface area contributed by atoms with Crippen molar-refractivity contribution >= 4 is 43.1 Å². The van der Waals surface area contributed by atoms with E-state index >= 15 is 0 Å². The first-order valence-electron chi connectivity index (χ1n) is 21.2. The second kappa shape index (κ2) is 16.8. The van der Waals surface area contributed by atoms with Gasteiger partial charge in [-0.2, -0.15) is 0 Å². The average molecular weight is 707 g/mol. The predicted octanol–water partition coefficient (Wildman–Crippen LogP) is 14.5. The highest BCUT2D eigenvalue weighted by Crippen LogP contribution is 2.53. The quantitative estimate of drug-likeness (QED) is 0.0658. The Labute approximate surface area is 317 Å². The van der Waals surface area contributed by atoms with Crippen molar-refractivity contribution in [2.45, 2.75) is 129 Å². The van der Waals surface area contributed by atoms with Gasteiger partial charge in [0.15, 0.2) is 23.0 Å². The Morgan fingerprint density at radius 1 is 0.453 bits per heavy atom. The highest BCUT2D eigenvalue weighted by Gasteiger charge is 2.31. The Balaban J connectivity index is 1.25. The summed E-state index contributed by atoms with van der Waals surface area (Å²) >= 11 is 0. The lowest BCUT2D eigenvalue weighted by molar-refractivity contribution is 0.319. The lowest BCUT2D eigenvalue weighted by Gasteiger charge is -2.23. The Kier molecular flexibility index (Phi) is 11.4. The molecule has 0 amide bonds. The number of benzene rings is 6. The molecule has 0 bridgehead atoms. The highest BCUT2D eigenvalue weighted by molar-refractivity contribution is 6.05. The van der Waals surface area contributed by atoms with Crippen LogP contribution in [0, 0.1) is 0 Å². The largest absolute Gasteiger partial charge is 0.489 e. The molecule has 8 rings (SSSR count). The van der Waals surface area contributed by atoms with Gasteiger partial charge in [-0.1, -0.05) is 139 Å². The van der Waals surface area contributed by atoms with Crippen molar-refractivity contribution in [3.63, 3.8) is 0 Å². The lowest BCUT2D eigenvalue weighted by Crippen LogP contribution is -2.03. The van der Waals surface area contributed by atoms with Crippen molar-refractivity contribution < 1.29 is 14.2 Å². The first-order valence-corrected chi connectivity index (χ1v) is 21.2. The molecule has 0 aromatic heterocycles. The van der Waals surface area contributed by atoms with Crippen molar-refractivity contribution in [3.05, 3.63) is 95.1 Å². The fourth-order valence-corrected chi connectivity index (χ4v) is 9.16. The summed E-state index contributed by atoms with van der Waals surface area (Å²) in [5.74, 6) is 3.78. The molecule has 2 aliphatic rings. The Morgan fingerprint density at radius 2 is 0.811 bits per heavy atom. The summed E-state index contributed by atoms with van der Waals surface area (Å²) in [5.41, 5.74) is 5.18. The van der Waals surface area contributed by atoms with Gasteiger partial charge in [0.2, 0.25) is 0 Å². The van der Waals surface area contributed by atoms with Crippen LogP contribution in [0.15, 0.2) is 72.8 Å². The normalized spacial score (nSPS) is 13.5. The van der Waals surface area contributed by atoms with Crippen molar-refractivity contribution in [1.29, 1.82) is 0 Å². The third-order valence-corrected chi connectivity index (χ3v) is 12.0. The van der Waals surface area contributed by atoms with Crippen LogP contribution in [0.25, 0.3) is 43.1 Å². The van der Waals surface area contributed by atoms with E-state index in [-0.39, 0.29) is 0 Å². The molecule has 0 saturated heterocycles. The molecule has 276 valence electrons. The fraction of sp³-hybridized carbons (Fsp3) is 0.440. The maximum Gasteiger partial charge on any atom is 0.173 e. The zero-order valence-electron chi connectivity index (χ0n) is 32.3. The molecular weight excluding hydrogens is 649 g/mol. The summed E-state index contributed by atoms with van der Waals surface area (Å²) in [6.07, 6.45) is 21.7. The van der Waals surface area contributed by atoms with Gasteiger partial charge in [0.05, 0.1) is 13.2 Å². The molecular formula is C50H58O3. The van der Waals surface area contributed by atoms with Crippen LogP contribution < -0.4 is 14.2 Å². The molecule has 0 saturated carbocycles. The molecule has 3 heteroatoms. The van der Waals surface area contributed by atoms with E-state index in [2.05, 4.69) is 86.6 Å². The van der Waals surface area contributed by atoms with Gasteiger partial charge >= 0.3 is 0 Å². The lowest BCUT2D eigenvalue weighted by atomic mass is 9.90. The van der Waals surface area contributed by atoms with E-state index in [0.29, 0.717) is 13.2 Å². The molecule has 0 spiro atoms. The summed E-state index contributed by atoms with van der Waals surface area (Å²) in [4.78, 5) is 0. The highest BCUT2D eigenvalue weighted by atomic mass is 16.5. The summed E-state index contributed by atoms with van der Waals surface area (Å²) < 4.78 is 20.8. The third kappa shape index (κ3) is 7.46. The van der Waals surface area contributed by atoms with E-state index in [1.165, 1.54) is 142 Å². The van der Waals surface area contributed by atoms with Crippen LogP contribution >= 0.6 is 0 Å². The van der Waals surface area contributed by atoms with Crippen molar-refractivity contribution in [1.82, 2.24) is 0 Å². The molecule has 0 atom stereocenters. The minimum absolute atomic E-state index is 0.692. The second-order valence-electron chi connectivity index (χ2n) is 15.8. The van der Waals surface area contributed by atoms with Gasteiger partial charge in [0.1, 0.15) is 0 Å². The average Bonchev–Trinajstić information content (AvgIpc) is 3.89. The molecule has 0 fully saturated rings. The van der Waals surface area contributed by atoms with Gasteiger partial charge in [-0.05, 0) is 93.0 Å². The summed E-state index contributed by atoms with van der Waals surface area (Å²) in [5, 5.41) is 10.5. The van der Waals surface area contributed by atoms with Crippen LogP contribution in [-0.2, 0) is 25.7 Å². The standard InChI is InChI=1S/C50H58O3/c1-3-5-7-9-11-13-15-25-39-43-31-35-21-17-19-23-37(35)33-45(43)41-27-29-51-47(41)49(39)53-50-40(26-16-14-12-10-8-6-4-2)44-32-36-22-18-20-24-38(36)34-46(44)42-28-30-52-48(42)50/h17-24,31-34H,3-16,25-30H2,1-2H3. The van der Waals surface area contributed by atoms with Crippen molar-refractivity contribution in [2.75, 3.05) is 13.2 Å². The Hall–Kier alpha value is -4.24. The van der Waals surface area contributed by atoms with Crippen molar-refractivity contribution in [2.24, 2.45) is 0 Å². The molecule has 6 aromatic carbocycles. The van der Waals surface area contributed by atoms with E-state index in [1.807, 2.05) is 0 Å². The summed E-state index contributed by atoms with van der Waals surface area (Å²) in [6, 6.07) is 27.3. The molecule has 0 N–H and O–H groups in total. The third-order valence-electron chi connectivity index (χ3n) is 12.0. The van der Waals surface area contributed by atoms with Gasteiger partial charge in [0, 0.05) is 35.1 Å². The number of hydrogen-bond acceptors (Lipinski definition) is 3. The summed E-state index contributed by atoms with van der Waals surface area (Å²) in [7, 11) is 0. The first-order chi connectivity index (χ1) is 26.2. The van der Waals surface area contributed by atoms with Gasteiger partial charge < -0.3 is 14.2 Å². The maximum absolute atomic E-state index is 7.54. The number of aryl methyl sites for hydroxylation is 2. The SMILES string of the molecule is CCCCCCCCCc1c(Oc2c3c(c4cc5ccccc5cc4c2CCCCCCCCC)CCO3)c2c(c3cc4ccccc4cc13)CCO2. The number of hydrogen-bond donors (Lipinski definition) is 0. The first kappa shape index (κ1) is 35.8. The monoisotopic (exact) mass is 706 g/mol. The van der Waals surface area contributed by atoms with Gasteiger partial charge in [-0.3, -0.25) is 0 Å². The molecule has 2 heterocycles. The number of rotatable bonds is 18. The minimum Gasteiger partial charge on any atom is -0.489 e. The molecule has 53 heavy (non-hydrogen) atoms. The number of fused-ring (bicyclic) bond motifs is 8. The van der Waals surface area contributed by atoms with E-state index in [0.717, 1.165) is 61.5 Å². The maximum atomic E-state index is 7.54. The predicted molar refractivity (Wildman–Crippen MR) is 225 cm³/mol. The summed E-state index contributed by atoms with van der Waals surface area (Å²) in [6.45, 7) is 5.98. The van der Waals surface area contributed by atoms with Crippen LogP contribution in [0.1, 0.15) is 126 Å². The molecule has 2 aliphatic heterocycles. The van der Waals surface area contributed by atoms with Crippen molar-refractivity contribution in [3.8, 4) is 23.0 Å². The topological polar surface area (TPSA) is 27.7 Å². The molecule has 6 aromatic rings. The van der Waals surface area contributed by atoms with E-state index < -0.39 is 0 Å². The van der Waals surface area contributed by atoms with Gasteiger partial charge in [-0.25, -0.2) is 0 Å². The van der Waals surface area contributed by atoms with E-state index in [9.17, 15) is 0 Å². The van der Waals surface area contributed by atoms with Crippen LogP contribution in [0.5, 0.6) is 23.0 Å². The Bertz CT molecular complexity index is 2050. The fourth-order valence-electron chi connectivity index (χ4n) is 9.16. The minimum atomic E-state index is 0.692. The zero-order valence-corrected chi connectivity index (χ0v) is 32.3. The van der Waals surface area contributed by atoms with Gasteiger partial charge in [0.25, 0.3) is 0 Å². The Morgan fingerprint density at radius 3 is 1.21 bits per heavy atom. The smallest absolute Gasteiger partial charge is 0.173 e. The number of ether oxygens (including phenoxy) is 3. The number of unbranched alkanes of at least 4 members (excludes halogenated alkanes) is 12. The van der Waals surface area contributed by atoms with Crippen LogP contribution in [0.4, 0.5) is 0 Å². The van der Waals surface area contributed by atoms with E-state index in [4.69, 9.17) is 14.2 Å². The van der Waals surface area contributed by atoms with Gasteiger partial charge in [-0.15, -0.1) is 0 Å². The molecule has 3 nitrogen and oxygen atoms in total. The molecule has 0 unspecified atom stereocenters. The second-order valence-corrected chi connectivity index (χ2v) is 15.8. The van der Waals surface area contributed by atoms with Crippen LogP contribution in [0.3, 0.4) is 0 Å². The van der Waals surface area contributed by atoms with E-state index in [1.54, 1.807) is 0 Å². The zero-order chi connectivity index (χ0) is 36.0.